The first-order valence-electron chi connectivity index (χ1n) is 17.2. The highest BCUT2D eigenvalue weighted by atomic mass is 16.6. The number of aliphatic hydroxyl groups is 3. The number of ether oxygens (including phenoxy) is 1. The van der Waals surface area contributed by atoms with Crippen LogP contribution < -0.4 is 37.6 Å². The van der Waals surface area contributed by atoms with Gasteiger partial charge in [0.25, 0.3) is 0 Å². The molecule has 55 heavy (non-hydrogen) atoms. The van der Waals surface area contributed by atoms with Gasteiger partial charge in [-0.2, -0.15) is 0 Å². The summed E-state index contributed by atoms with van der Waals surface area (Å²) in [4.78, 5) is 88.2. The maximum atomic E-state index is 13.6. The van der Waals surface area contributed by atoms with E-state index in [9.17, 15) is 59.1 Å². The Morgan fingerprint density at radius 1 is 0.709 bits per heavy atom. The molecular weight excluding hydrogens is 726 g/mol. The molecule has 20 heteroatoms. The number of hydrogen-bond acceptors (Lipinski definition) is 12. The highest BCUT2D eigenvalue weighted by Crippen LogP contribution is 2.20. The van der Waals surface area contributed by atoms with Crippen molar-refractivity contribution < 1.29 is 63.8 Å². The molecule has 2 aromatic carbocycles. The molecule has 7 amide bonds. The van der Waals surface area contributed by atoms with E-state index in [4.69, 9.17) is 10.5 Å². The third-order valence-corrected chi connectivity index (χ3v) is 8.29. The van der Waals surface area contributed by atoms with Crippen LogP contribution in [-0.2, 0) is 46.3 Å². The number of rotatable bonds is 18. The summed E-state index contributed by atoms with van der Waals surface area (Å²) < 4.78 is 5.18. The number of nitrogens with one attached hydrogen (secondary N) is 6. The van der Waals surface area contributed by atoms with Crippen molar-refractivity contribution in [2.45, 2.75) is 81.9 Å². The molecule has 0 radical (unpaired) electrons. The van der Waals surface area contributed by atoms with Gasteiger partial charge in [-0.3, -0.25) is 24.0 Å². The minimum atomic E-state index is -1.91. The van der Waals surface area contributed by atoms with Crippen LogP contribution in [0.4, 0.5) is 4.79 Å². The second-order valence-corrected chi connectivity index (χ2v) is 13.2. The number of carbonyl (C=O) groups excluding carboxylic acids is 6. The summed E-state index contributed by atoms with van der Waals surface area (Å²) >= 11 is 0. The zero-order chi connectivity index (χ0) is 40.8. The lowest BCUT2D eigenvalue weighted by atomic mass is 9.97. The monoisotopic (exact) mass is 773 g/mol. The first-order valence-corrected chi connectivity index (χ1v) is 17.2. The molecule has 3 rings (SSSR count). The first-order chi connectivity index (χ1) is 25.9. The van der Waals surface area contributed by atoms with Crippen molar-refractivity contribution in [2.75, 3.05) is 13.1 Å². The average Bonchev–Trinajstić information content (AvgIpc) is 3.13. The lowest BCUT2D eigenvalue weighted by molar-refractivity contribution is -0.223. The molecule has 1 fully saturated rings. The van der Waals surface area contributed by atoms with Gasteiger partial charge in [-0.25, -0.2) is 9.59 Å². The topological polar surface area (TPSA) is 328 Å². The number of aliphatic hydroxyl groups excluding tert-OH is 3. The molecule has 0 bridgehead atoms. The fourth-order valence-corrected chi connectivity index (χ4v) is 5.44. The fourth-order valence-electron chi connectivity index (χ4n) is 5.44. The minimum Gasteiger partial charge on any atom is -0.508 e. The summed E-state index contributed by atoms with van der Waals surface area (Å²) in [6.45, 7) is 2.27. The number of aliphatic carboxylic acids is 1. The predicted molar refractivity (Wildman–Crippen MR) is 190 cm³/mol. The lowest BCUT2D eigenvalue weighted by Crippen LogP contribution is -2.66. The number of phenols is 1. The van der Waals surface area contributed by atoms with E-state index in [1.54, 1.807) is 44.2 Å². The Balaban J connectivity index is 1.61. The van der Waals surface area contributed by atoms with Crippen LogP contribution in [0.5, 0.6) is 5.75 Å². The number of benzene rings is 2. The van der Waals surface area contributed by atoms with Gasteiger partial charge in [-0.15, -0.1) is 0 Å². The molecule has 0 aromatic heterocycles. The molecule has 1 aliphatic heterocycles. The summed E-state index contributed by atoms with van der Waals surface area (Å²) in [5.41, 5.74) is 6.34. The minimum absolute atomic E-state index is 0.0166. The van der Waals surface area contributed by atoms with E-state index in [0.29, 0.717) is 11.1 Å². The van der Waals surface area contributed by atoms with E-state index in [2.05, 4.69) is 31.9 Å². The van der Waals surface area contributed by atoms with Gasteiger partial charge in [0.2, 0.25) is 29.5 Å². The molecule has 0 aliphatic carbocycles. The van der Waals surface area contributed by atoms with E-state index in [1.165, 1.54) is 24.3 Å². The number of hydrogen-bond donors (Lipinski definition) is 12. The normalized spacial score (nSPS) is 20.9. The van der Waals surface area contributed by atoms with Gasteiger partial charge in [0.15, 0.2) is 12.3 Å². The molecule has 0 unspecified atom stereocenters. The molecule has 0 saturated carbocycles. The van der Waals surface area contributed by atoms with Crippen molar-refractivity contribution in [1.82, 2.24) is 31.9 Å². The molecule has 0 spiro atoms. The van der Waals surface area contributed by atoms with Crippen molar-refractivity contribution in [3.05, 3.63) is 65.7 Å². The molecule has 13 N–H and O–H groups in total. The molecule has 20 nitrogen and oxygen atoms in total. The summed E-state index contributed by atoms with van der Waals surface area (Å²) in [6, 6.07) is 9.30. The van der Waals surface area contributed by atoms with Crippen LogP contribution >= 0.6 is 0 Å². The Morgan fingerprint density at radius 3 is 1.91 bits per heavy atom. The lowest BCUT2D eigenvalue weighted by Gasteiger charge is -2.39. The Hall–Kier alpha value is -5.83. The van der Waals surface area contributed by atoms with Crippen molar-refractivity contribution >= 4 is 41.5 Å². The van der Waals surface area contributed by atoms with E-state index in [-0.39, 0.29) is 30.9 Å². The number of carboxylic acid groups (broad SMARTS) is 1. The van der Waals surface area contributed by atoms with Crippen LogP contribution in [0.1, 0.15) is 31.4 Å². The molecule has 8 atom stereocenters. The zero-order valence-electron chi connectivity index (χ0n) is 30.0. The van der Waals surface area contributed by atoms with Crippen molar-refractivity contribution in [1.29, 1.82) is 0 Å². The third kappa shape index (κ3) is 13.8. The second-order valence-electron chi connectivity index (χ2n) is 13.2. The van der Waals surface area contributed by atoms with E-state index in [1.807, 2.05) is 0 Å². The summed E-state index contributed by atoms with van der Waals surface area (Å²) in [7, 11) is 0. The zero-order valence-corrected chi connectivity index (χ0v) is 30.0. The number of urea groups is 1. The Bertz CT molecular complexity index is 1660. The summed E-state index contributed by atoms with van der Waals surface area (Å²) in [6.07, 6.45) is -9.21. The highest BCUT2D eigenvalue weighted by molar-refractivity contribution is 5.94. The van der Waals surface area contributed by atoms with Crippen molar-refractivity contribution in [3.8, 4) is 5.75 Å². The van der Waals surface area contributed by atoms with E-state index < -0.39 is 103 Å². The molecule has 300 valence electrons. The van der Waals surface area contributed by atoms with Crippen molar-refractivity contribution in [2.24, 2.45) is 11.7 Å². The van der Waals surface area contributed by atoms with Crippen LogP contribution in [0, 0.1) is 5.92 Å². The second kappa shape index (κ2) is 20.6. The van der Waals surface area contributed by atoms with Crippen LogP contribution in [0.3, 0.4) is 0 Å². The number of carboxylic acids is 1. The van der Waals surface area contributed by atoms with Crippen LogP contribution in [0.15, 0.2) is 54.6 Å². The number of nitrogens with two attached hydrogens (primary N) is 1. The quantitative estimate of drug-likeness (QED) is 0.0700. The number of carbonyl (C=O) groups is 7. The predicted octanol–water partition coefficient (Wildman–Crippen LogP) is -3.53. The third-order valence-electron chi connectivity index (χ3n) is 8.29. The van der Waals surface area contributed by atoms with Gasteiger partial charge in [0.05, 0.1) is 13.1 Å². The SMILES string of the molecule is CC(C)C[C@H](NC(=O)N[C@@H]1O[C@H](C(N)=O)[C@@H](O)[C@H](O)[C@H]1O)C(=O)N[C@@H](Cc1ccccc1)C(=O)NCC(=O)NCC(=O)N[C@@H](Cc1ccc(O)cc1)C(=O)O. The standard InChI is InChI=1S/C35H47N7O13/c1-17(2)12-21(41-35(54)42-33-28(48)26(46)27(47)29(55-33)30(36)49)32(51)40-22(13-18-6-4-3-5-7-18)31(50)38-15-24(44)37-16-25(45)39-23(34(52)53)14-19-8-10-20(43)11-9-19/h3-11,17,21-23,26-29,33,43,46-48H,12-16H2,1-2H3,(H2,36,49)(H,37,44)(H,38,50)(H,39,45)(H,40,51)(H,52,53)(H2,41,42,54)/t21-,22-,23-,26-,27-,28+,29-,33+/m0/s1. The van der Waals surface area contributed by atoms with E-state index >= 15 is 0 Å². The van der Waals surface area contributed by atoms with E-state index in [0.717, 1.165) is 0 Å². The van der Waals surface area contributed by atoms with Gasteiger partial charge in [0.1, 0.15) is 42.2 Å². The Kier molecular flexibility index (Phi) is 16.3. The van der Waals surface area contributed by atoms with Gasteiger partial charge in [0, 0.05) is 12.8 Å². The smallest absolute Gasteiger partial charge is 0.326 e. The Morgan fingerprint density at radius 2 is 1.31 bits per heavy atom. The molecule has 2 aromatic rings. The van der Waals surface area contributed by atoms with Gasteiger partial charge in [-0.1, -0.05) is 56.3 Å². The van der Waals surface area contributed by atoms with Crippen molar-refractivity contribution in [3.63, 3.8) is 0 Å². The van der Waals surface area contributed by atoms with Crippen LogP contribution in [0.25, 0.3) is 0 Å². The van der Waals surface area contributed by atoms with Gasteiger partial charge >= 0.3 is 12.0 Å². The highest BCUT2D eigenvalue weighted by Gasteiger charge is 2.46. The summed E-state index contributed by atoms with van der Waals surface area (Å²) in [5, 5.41) is 63.5. The van der Waals surface area contributed by atoms with Gasteiger partial charge < -0.3 is 67.9 Å². The van der Waals surface area contributed by atoms with Gasteiger partial charge in [-0.05, 0) is 35.6 Å². The Labute approximate surface area is 315 Å². The molecule has 1 saturated heterocycles. The maximum Gasteiger partial charge on any atom is 0.326 e. The average molecular weight is 774 g/mol. The fraction of sp³-hybridized carbons (Fsp3) is 0.457. The molecular formula is C35H47N7O13. The largest absolute Gasteiger partial charge is 0.508 e. The maximum absolute atomic E-state index is 13.6. The molecule has 1 aliphatic rings. The number of primary amides is 1. The molecule has 1 heterocycles. The van der Waals surface area contributed by atoms with Crippen LogP contribution in [-0.4, -0.2) is 129 Å². The number of phenolic OH excluding ortho intramolecular Hbond substituents is 1. The first kappa shape index (κ1) is 43.6. The van der Waals surface area contributed by atoms with Crippen LogP contribution in [0.2, 0.25) is 0 Å². The summed E-state index contributed by atoms with van der Waals surface area (Å²) in [5.74, 6) is -5.92. The number of aromatic hydroxyl groups is 1. The number of amides is 7.